The molecule has 3 nitrogen and oxygen atoms in total. The van der Waals surface area contributed by atoms with Crippen molar-refractivity contribution in [3.8, 4) is 5.75 Å². The molecule has 0 aromatic heterocycles. The van der Waals surface area contributed by atoms with E-state index in [0.717, 1.165) is 36.5 Å². The molecule has 3 rings (SSSR count). The number of hydrogen-bond acceptors (Lipinski definition) is 3. The van der Waals surface area contributed by atoms with Crippen molar-refractivity contribution in [2.45, 2.75) is 38.2 Å². The molecule has 0 saturated heterocycles. The molecule has 1 aliphatic rings. The number of carbonyl (C=O) groups excluding carboxylic acids is 1. The van der Waals surface area contributed by atoms with Crippen LogP contribution in [-0.4, -0.2) is 17.2 Å². The number of carbonyl (C=O) groups is 1. The van der Waals surface area contributed by atoms with Crippen LogP contribution in [0.1, 0.15) is 42.5 Å². The molecule has 1 N–H and O–H groups in total. The fourth-order valence-corrected chi connectivity index (χ4v) is 2.76. The number of aromatic hydroxyl groups is 1. The van der Waals surface area contributed by atoms with Gasteiger partial charge in [-0.2, -0.15) is 0 Å². The molecule has 0 spiro atoms. The quantitative estimate of drug-likeness (QED) is 0.838. The van der Waals surface area contributed by atoms with Crippen LogP contribution in [0.2, 0.25) is 0 Å². The summed E-state index contributed by atoms with van der Waals surface area (Å²) in [6.07, 6.45) is 5.57. The lowest BCUT2D eigenvalue weighted by Crippen LogP contribution is -2.20. The van der Waals surface area contributed by atoms with Gasteiger partial charge in [-0.25, -0.2) is 4.79 Å². The standard InChI is InChI=1S/C17H18O3/c18-15-9-8-12-10-14(7-6-13(12)11-15)17(19)20-16-4-2-1-3-5-16/h6-11,16,18H,1-5H2. The Morgan fingerprint density at radius 3 is 2.50 bits per heavy atom. The summed E-state index contributed by atoms with van der Waals surface area (Å²) < 4.78 is 5.56. The molecule has 0 radical (unpaired) electrons. The van der Waals surface area contributed by atoms with Crippen LogP contribution in [0.3, 0.4) is 0 Å². The van der Waals surface area contributed by atoms with Gasteiger partial charge in [0.1, 0.15) is 11.9 Å². The van der Waals surface area contributed by atoms with Crippen LogP contribution in [0.5, 0.6) is 5.75 Å². The van der Waals surface area contributed by atoms with E-state index >= 15 is 0 Å². The van der Waals surface area contributed by atoms with Crippen molar-refractivity contribution in [3.63, 3.8) is 0 Å². The Kier molecular flexibility index (Phi) is 3.59. The van der Waals surface area contributed by atoms with E-state index < -0.39 is 0 Å². The minimum absolute atomic E-state index is 0.0757. The molecule has 1 aliphatic carbocycles. The maximum absolute atomic E-state index is 12.2. The Hall–Kier alpha value is -2.03. The number of benzene rings is 2. The number of ether oxygens (including phenoxy) is 1. The van der Waals surface area contributed by atoms with Gasteiger partial charge >= 0.3 is 5.97 Å². The summed E-state index contributed by atoms with van der Waals surface area (Å²) in [6, 6.07) is 10.5. The van der Waals surface area contributed by atoms with Crippen molar-refractivity contribution in [3.05, 3.63) is 42.0 Å². The average Bonchev–Trinajstić information content (AvgIpc) is 2.47. The second kappa shape index (κ2) is 5.53. The molecule has 0 aliphatic heterocycles. The number of phenolic OH excluding ortho intramolecular Hbond substituents is 1. The van der Waals surface area contributed by atoms with E-state index in [1.807, 2.05) is 18.2 Å². The summed E-state index contributed by atoms with van der Waals surface area (Å²) in [6.45, 7) is 0. The fourth-order valence-electron chi connectivity index (χ4n) is 2.76. The van der Waals surface area contributed by atoms with Crippen LogP contribution in [0.4, 0.5) is 0 Å². The normalized spacial score (nSPS) is 16.2. The zero-order valence-corrected chi connectivity index (χ0v) is 11.3. The molecule has 1 saturated carbocycles. The van der Waals surface area contributed by atoms with Crippen LogP contribution >= 0.6 is 0 Å². The van der Waals surface area contributed by atoms with Crippen LogP contribution in [-0.2, 0) is 4.74 Å². The molecule has 2 aromatic rings. The molecule has 2 aromatic carbocycles. The third kappa shape index (κ3) is 2.77. The van der Waals surface area contributed by atoms with Gasteiger partial charge in [-0.1, -0.05) is 18.6 Å². The lowest BCUT2D eigenvalue weighted by molar-refractivity contribution is 0.0211. The fraction of sp³-hybridized carbons (Fsp3) is 0.353. The van der Waals surface area contributed by atoms with E-state index in [1.165, 1.54) is 6.42 Å². The Morgan fingerprint density at radius 1 is 1.00 bits per heavy atom. The Labute approximate surface area is 118 Å². The number of rotatable bonds is 2. The minimum atomic E-state index is -0.244. The van der Waals surface area contributed by atoms with E-state index in [1.54, 1.807) is 18.2 Å². The first-order chi connectivity index (χ1) is 9.72. The number of fused-ring (bicyclic) bond motifs is 1. The smallest absolute Gasteiger partial charge is 0.338 e. The molecule has 3 heteroatoms. The van der Waals surface area contributed by atoms with Crippen molar-refractivity contribution in [2.24, 2.45) is 0 Å². The van der Waals surface area contributed by atoms with Gasteiger partial charge in [-0.05, 0) is 60.7 Å². The maximum Gasteiger partial charge on any atom is 0.338 e. The van der Waals surface area contributed by atoms with Gasteiger partial charge in [0.2, 0.25) is 0 Å². The van der Waals surface area contributed by atoms with Gasteiger partial charge in [-0.3, -0.25) is 0 Å². The van der Waals surface area contributed by atoms with Crippen molar-refractivity contribution in [2.75, 3.05) is 0 Å². The highest BCUT2D eigenvalue weighted by Crippen LogP contribution is 2.24. The molecule has 0 amide bonds. The summed E-state index contributed by atoms with van der Waals surface area (Å²) >= 11 is 0. The molecule has 0 atom stereocenters. The summed E-state index contributed by atoms with van der Waals surface area (Å²) in [5, 5.41) is 11.3. The Bertz CT molecular complexity index is 627. The first kappa shape index (κ1) is 13.0. The largest absolute Gasteiger partial charge is 0.508 e. The highest BCUT2D eigenvalue weighted by atomic mass is 16.5. The Balaban J connectivity index is 1.78. The van der Waals surface area contributed by atoms with Crippen LogP contribution in [0, 0.1) is 0 Å². The van der Waals surface area contributed by atoms with Crippen molar-refractivity contribution < 1.29 is 14.6 Å². The van der Waals surface area contributed by atoms with Gasteiger partial charge in [0.15, 0.2) is 0 Å². The topological polar surface area (TPSA) is 46.5 Å². The number of esters is 1. The molecule has 20 heavy (non-hydrogen) atoms. The first-order valence-electron chi connectivity index (χ1n) is 7.16. The molecular formula is C17H18O3. The number of phenols is 1. The third-order valence-electron chi connectivity index (χ3n) is 3.89. The predicted octanol–water partition coefficient (Wildman–Crippen LogP) is 4.03. The molecule has 0 unspecified atom stereocenters. The SMILES string of the molecule is O=C(OC1CCCCC1)c1ccc2cc(O)ccc2c1. The number of hydrogen-bond donors (Lipinski definition) is 1. The van der Waals surface area contributed by atoms with Crippen LogP contribution < -0.4 is 0 Å². The zero-order valence-electron chi connectivity index (χ0n) is 11.3. The highest BCUT2D eigenvalue weighted by Gasteiger charge is 2.18. The van der Waals surface area contributed by atoms with Gasteiger partial charge in [-0.15, -0.1) is 0 Å². The van der Waals surface area contributed by atoms with Gasteiger partial charge in [0.25, 0.3) is 0 Å². The highest BCUT2D eigenvalue weighted by molar-refractivity contribution is 5.95. The Morgan fingerprint density at radius 2 is 1.70 bits per heavy atom. The second-order valence-corrected chi connectivity index (χ2v) is 5.41. The lowest BCUT2D eigenvalue weighted by Gasteiger charge is -2.21. The summed E-state index contributed by atoms with van der Waals surface area (Å²) in [4.78, 5) is 12.2. The average molecular weight is 270 g/mol. The monoisotopic (exact) mass is 270 g/mol. The van der Waals surface area contributed by atoms with E-state index in [9.17, 15) is 9.90 Å². The molecular weight excluding hydrogens is 252 g/mol. The van der Waals surface area contributed by atoms with E-state index in [-0.39, 0.29) is 17.8 Å². The molecule has 104 valence electrons. The second-order valence-electron chi connectivity index (χ2n) is 5.41. The van der Waals surface area contributed by atoms with E-state index in [0.29, 0.717) is 5.56 Å². The summed E-state index contributed by atoms with van der Waals surface area (Å²) in [7, 11) is 0. The summed E-state index contributed by atoms with van der Waals surface area (Å²) in [5.74, 6) is -0.0121. The van der Waals surface area contributed by atoms with Crippen molar-refractivity contribution >= 4 is 16.7 Å². The third-order valence-corrected chi connectivity index (χ3v) is 3.89. The van der Waals surface area contributed by atoms with Gasteiger partial charge in [0.05, 0.1) is 5.56 Å². The summed E-state index contributed by atoms with van der Waals surface area (Å²) in [5.41, 5.74) is 0.578. The molecule has 0 heterocycles. The van der Waals surface area contributed by atoms with E-state index in [2.05, 4.69) is 0 Å². The van der Waals surface area contributed by atoms with Crippen molar-refractivity contribution in [1.29, 1.82) is 0 Å². The minimum Gasteiger partial charge on any atom is -0.508 e. The lowest BCUT2D eigenvalue weighted by atomic mass is 9.98. The van der Waals surface area contributed by atoms with Crippen LogP contribution in [0.25, 0.3) is 10.8 Å². The first-order valence-corrected chi connectivity index (χ1v) is 7.16. The maximum atomic E-state index is 12.2. The van der Waals surface area contributed by atoms with E-state index in [4.69, 9.17) is 4.74 Å². The molecule has 1 fully saturated rings. The van der Waals surface area contributed by atoms with Gasteiger partial charge in [0, 0.05) is 0 Å². The molecule has 0 bridgehead atoms. The van der Waals surface area contributed by atoms with Crippen LogP contribution in [0.15, 0.2) is 36.4 Å². The predicted molar refractivity (Wildman–Crippen MR) is 77.9 cm³/mol. The zero-order chi connectivity index (χ0) is 13.9. The van der Waals surface area contributed by atoms with Gasteiger partial charge < -0.3 is 9.84 Å². The van der Waals surface area contributed by atoms with Crippen molar-refractivity contribution in [1.82, 2.24) is 0 Å².